The first-order valence-corrected chi connectivity index (χ1v) is 8.92. The van der Waals surface area contributed by atoms with Crippen molar-refractivity contribution < 1.29 is 13.2 Å². The highest BCUT2D eigenvalue weighted by Gasteiger charge is 2.32. The fourth-order valence-electron chi connectivity index (χ4n) is 2.49. The summed E-state index contributed by atoms with van der Waals surface area (Å²) >= 11 is 4.99. The van der Waals surface area contributed by atoms with Gasteiger partial charge < -0.3 is 10.5 Å². The molecule has 1 atom stereocenters. The van der Waals surface area contributed by atoms with E-state index in [0.717, 1.165) is 6.42 Å². The van der Waals surface area contributed by atoms with E-state index < -0.39 is 10.0 Å². The van der Waals surface area contributed by atoms with Gasteiger partial charge in [-0.1, -0.05) is 43.4 Å². The Hall–Kier alpha value is -1.02. The molecule has 1 aliphatic rings. The highest BCUT2D eigenvalue weighted by Crippen LogP contribution is 2.20. The molecule has 1 heterocycles. The summed E-state index contributed by atoms with van der Waals surface area (Å²) in [5.74, 6) is -0.0863. The van der Waals surface area contributed by atoms with Crippen LogP contribution in [0.4, 0.5) is 0 Å². The van der Waals surface area contributed by atoms with Crippen molar-refractivity contribution in [2.45, 2.75) is 25.1 Å². The molecule has 0 spiro atoms. The van der Waals surface area contributed by atoms with E-state index in [1.54, 1.807) is 28.6 Å². The Morgan fingerprint density at radius 2 is 2.19 bits per heavy atom. The summed E-state index contributed by atoms with van der Waals surface area (Å²) in [6.45, 7) is 3.25. The van der Waals surface area contributed by atoms with E-state index in [9.17, 15) is 8.42 Å². The van der Waals surface area contributed by atoms with Crippen LogP contribution in [0.5, 0.6) is 0 Å². The minimum atomic E-state index is -3.42. The largest absolute Gasteiger partial charge is 0.389 e. The van der Waals surface area contributed by atoms with Crippen LogP contribution in [0.1, 0.15) is 24.5 Å². The van der Waals surface area contributed by atoms with Crippen molar-refractivity contribution in [2.75, 3.05) is 19.8 Å². The number of ether oxygens (including phenoxy) is 1. The molecule has 1 fully saturated rings. The molecule has 0 amide bonds. The Bertz CT molecular complexity index is 616. The van der Waals surface area contributed by atoms with E-state index in [4.69, 9.17) is 22.7 Å². The first-order valence-electron chi connectivity index (χ1n) is 6.90. The molecule has 0 radical (unpaired) electrons. The lowest BCUT2D eigenvalue weighted by molar-refractivity contribution is 0.0313. The summed E-state index contributed by atoms with van der Waals surface area (Å²) in [7, 11) is -3.42. The molecule has 21 heavy (non-hydrogen) atoms. The molecule has 5 nitrogen and oxygen atoms in total. The van der Waals surface area contributed by atoms with E-state index in [1.165, 1.54) is 0 Å². The van der Waals surface area contributed by atoms with Gasteiger partial charge in [-0.25, -0.2) is 8.42 Å². The highest BCUT2D eigenvalue weighted by molar-refractivity contribution is 7.88. The third kappa shape index (κ3) is 3.79. The molecule has 1 aliphatic heterocycles. The number of nitrogens with zero attached hydrogens (tertiary/aromatic N) is 1. The summed E-state index contributed by atoms with van der Waals surface area (Å²) < 4.78 is 32.3. The van der Waals surface area contributed by atoms with Gasteiger partial charge >= 0.3 is 0 Å². The normalized spacial score (nSPS) is 20.3. The van der Waals surface area contributed by atoms with Gasteiger partial charge in [0.1, 0.15) is 4.99 Å². The lowest BCUT2D eigenvalue weighted by Crippen LogP contribution is -2.48. The molecule has 0 aliphatic carbocycles. The van der Waals surface area contributed by atoms with Crippen LogP contribution in [-0.2, 0) is 20.5 Å². The van der Waals surface area contributed by atoms with Gasteiger partial charge in [0.05, 0.1) is 19.0 Å². The monoisotopic (exact) mass is 328 g/mol. The van der Waals surface area contributed by atoms with Gasteiger partial charge in [0.15, 0.2) is 0 Å². The third-order valence-corrected chi connectivity index (χ3v) is 5.71. The van der Waals surface area contributed by atoms with Crippen molar-refractivity contribution in [3.63, 3.8) is 0 Å². The molecule has 1 unspecified atom stereocenters. The quantitative estimate of drug-likeness (QED) is 0.824. The molecule has 0 saturated carbocycles. The molecule has 1 aromatic carbocycles. The molecule has 1 aromatic rings. The van der Waals surface area contributed by atoms with Gasteiger partial charge in [-0.3, -0.25) is 0 Å². The van der Waals surface area contributed by atoms with Crippen molar-refractivity contribution in [2.24, 2.45) is 5.73 Å². The van der Waals surface area contributed by atoms with Crippen molar-refractivity contribution >= 4 is 27.2 Å². The van der Waals surface area contributed by atoms with Crippen molar-refractivity contribution in [3.8, 4) is 0 Å². The molecule has 1 saturated heterocycles. The second-order valence-electron chi connectivity index (χ2n) is 5.03. The fraction of sp³-hybridized carbons (Fsp3) is 0.500. The second-order valence-corrected chi connectivity index (χ2v) is 7.39. The molecule has 2 N–H and O–H groups in total. The predicted molar refractivity (Wildman–Crippen MR) is 86.6 cm³/mol. The maximum Gasteiger partial charge on any atom is 0.218 e. The fourth-order valence-corrected chi connectivity index (χ4v) is 4.52. The molecule has 7 heteroatoms. The van der Waals surface area contributed by atoms with Crippen LogP contribution >= 0.6 is 12.2 Å². The maximum absolute atomic E-state index is 12.7. The number of morpholine rings is 1. The molecule has 0 aromatic heterocycles. The zero-order valence-electron chi connectivity index (χ0n) is 12.0. The van der Waals surface area contributed by atoms with Gasteiger partial charge in [0.2, 0.25) is 10.0 Å². The van der Waals surface area contributed by atoms with Crippen LogP contribution in [-0.4, -0.2) is 43.5 Å². The third-order valence-electron chi connectivity index (χ3n) is 3.62. The minimum Gasteiger partial charge on any atom is -0.389 e. The Morgan fingerprint density at radius 1 is 1.48 bits per heavy atom. The Morgan fingerprint density at radius 3 is 2.86 bits per heavy atom. The summed E-state index contributed by atoms with van der Waals surface area (Å²) in [5.41, 5.74) is 6.94. The standard InChI is InChI=1S/C14H20N2O3S2/c1-2-12-9-19-8-7-16(12)21(17,18)10-11-5-3-4-6-13(11)14(15)20/h3-6,12H,2,7-10H2,1H3,(H2,15,20). The molecular formula is C14H20N2O3S2. The van der Waals surface area contributed by atoms with Crippen LogP contribution in [0.15, 0.2) is 24.3 Å². The van der Waals surface area contributed by atoms with Crippen molar-refractivity contribution in [1.82, 2.24) is 4.31 Å². The van der Waals surface area contributed by atoms with Gasteiger partial charge in [-0.2, -0.15) is 4.31 Å². The number of hydrogen-bond donors (Lipinski definition) is 1. The summed E-state index contributed by atoms with van der Waals surface area (Å²) in [6, 6.07) is 7.01. The van der Waals surface area contributed by atoms with E-state index in [-0.39, 0.29) is 16.8 Å². The SMILES string of the molecule is CCC1COCCN1S(=O)(=O)Cc1ccccc1C(N)=S. The smallest absolute Gasteiger partial charge is 0.218 e. The van der Waals surface area contributed by atoms with Crippen LogP contribution < -0.4 is 5.73 Å². The lowest BCUT2D eigenvalue weighted by Gasteiger charge is -2.34. The van der Waals surface area contributed by atoms with E-state index in [2.05, 4.69) is 0 Å². The van der Waals surface area contributed by atoms with E-state index in [1.807, 2.05) is 6.92 Å². The van der Waals surface area contributed by atoms with Gasteiger partial charge in [-0.15, -0.1) is 0 Å². The Labute approximate surface area is 131 Å². The number of nitrogens with two attached hydrogens (primary N) is 1. The first kappa shape index (κ1) is 16.4. The Balaban J connectivity index is 2.27. The number of thiocarbonyl (C=S) groups is 1. The lowest BCUT2D eigenvalue weighted by atomic mass is 10.1. The van der Waals surface area contributed by atoms with Crippen LogP contribution in [0, 0.1) is 0 Å². The second kappa shape index (κ2) is 6.83. The number of rotatable bonds is 5. The summed E-state index contributed by atoms with van der Waals surface area (Å²) in [6.07, 6.45) is 0.732. The van der Waals surface area contributed by atoms with E-state index >= 15 is 0 Å². The van der Waals surface area contributed by atoms with E-state index in [0.29, 0.717) is 30.9 Å². The average molecular weight is 328 g/mol. The minimum absolute atomic E-state index is 0.0863. The molecule has 116 valence electrons. The number of sulfonamides is 1. The molecular weight excluding hydrogens is 308 g/mol. The predicted octanol–water partition coefficient (Wildman–Crippen LogP) is 1.26. The zero-order chi connectivity index (χ0) is 15.5. The van der Waals surface area contributed by atoms with Crippen molar-refractivity contribution in [1.29, 1.82) is 0 Å². The Kier molecular flexibility index (Phi) is 5.32. The van der Waals surface area contributed by atoms with Crippen LogP contribution in [0.2, 0.25) is 0 Å². The summed E-state index contributed by atoms with van der Waals surface area (Å²) in [4.78, 5) is 0.217. The van der Waals surface area contributed by atoms with Gasteiger partial charge in [0, 0.05) is 18.2 Å². The first-order chi connectivity index (χ1) is 9.95. The van der Waals surface area contributed by atoms with Crippen molar-refractivity contribution in [3.05, 3.63) is 35.4 Å². The number of benzene rings is 1. The molecule has 0 bridgehead atoms. The van der Waals surface area contributed by atoms with Crippen LogP contribution in [0.25, 0.3) is 0 Å². The maximum atomic E-state index is 12.7. The highest BCUT2D eigenvalue weighted by atomic mass is 32.2. The topological polar surface area (TPSA) is 72.6 Å². The summed E-state index contributed by atoms with van der Waals surface area (Å²) in [5, 5.41) is 0. The molecule has 2 rings (SSSR count). The average Bonchev–Trinajstić information content (AvgIpc) is 2.47. The number of hydrogen-bond acceptors (Lipinski definition) is 4. The zero-order valence-corrected chi connectivity index (χ0v) is 13.6. The van der Waals surface area contributed by atoms with Gasteiger partial charge in [0.25, 0.3) is 0 Å². The van der Waals surface area contributed by atoms with Crippen LogP contribution in [0.3, 0.4) is 0 Å². The van der Waals surface area contributed by atoms with Gasteiger partial charge in [-0.05, 0) is 12.0 Å².